The van der Waals surface area contributed by atoms with Crippen LogP contribution < -0.4 is 4.74 Å². The monoisotopic (exact) mass is 206 g/mol. The number of ether oxygens (including phenoxy) is 2. The van der Waals surface area contributed by atoms with Crippen LogP contribution in [0.25, 0.3) is 0 Å². The van der Waals surface area contributed by atoms with Gasteiger partial charge in [0.05, 0.1) is 13.2 Å². The van der Waals surface area contributed by atoms with Crippen LogP contribution >= 0.6 is 0 Å². The van der Waals surface area contributed by atoms with Crippen molar-refractivity contribution < 1.29 is 9.47 Å². The standard InChI is InChI=1S/C11H14N2O2/c1-4-15-11-10(6-12)9(7-14-3)5-8(2)13-11/h5H,4,7H2,1-3H3. The van der Waals surface area contributed by atoms with Gasteiger partial charge < -0.3 is 9.47 Å². The fourth-order valence-corrected chi connectivity index (χ4v) is 1.34. The molecule has 0 atom stereocenters. The molecule has 0 spiro atoms. The molecule has 0 amide bonds. The number of hydrogen-bond acceptors (Lipinski definition) is 4. The van der Waals surface area contributed by atoms with Crippen molar-refractivity contribution in [2.45, 2.75) is 20.5 Å². The summed E-state index contributed by atoms with van der Waals surface area (Å²) in [6.45, 7) is 4.62. The van der Waals surface area contributed by atoms with E-state index in [2.05, 4.69) is 11.1 Å². The molecule has 0 aliphatic carbocycles. The van der Waals surface area contributed by atoms with E-state index in [1.807, 2.05) is 19.9 Å². The van der Waals surface area contributed by atoms with E-state index in [1.165, 1.54) is 0 Å². The van der Waals surface area contributed by atoms with E-state index in [1.54, 1.807) is 7.11 Å². The van der Waals surface area contributed by atoms with Gasteiger partial charge in [0, 0.05) is 18.4 Å². The summed E-state index contributed by atoms with van der Waals surface area (Å²) in [6, 6.07) is 3.93. The number of aromatic nitrogens is 1. The van der Waals surface area contributed by atoms with E-state index in [0.717, 1.165) is 11.3 Å². The molecule has 1 rings (SSSR count). The lowest BCUT2D eigenvalue weighted by Crippen LogP contribution is -2.03. The Morgan fingerprint density at radius 1 is 1.53 bits per heavy atom. The van der Waals surface area contributed by atoms with Gasteiger partial charge in [0.25, 0.3) is 0 Å². The minimum atomic E-state index is 0.395. The van der Waals surface area contributed by atoms with Gasteiger partial charge in [-0.2, -0.15) is 5.26 Å². The molecule has 0 saturated carbocycles. The Labute approximate surface area is 89.5 Å². The highest BCUT2D eigenvalue weighted by molar-refractivity contribution is 5.45. The number of pyridine rings is 1. The summed E-state index contributed by atoms with van der Waals surface area (Å²) in [6.07, 6.45) is 0. The van der Waals surface area contributed by atoms with Crippen molar-refractivity contribution in [2.75, 3.05) is 13.7 Å². The van der Waals surface area contributed by atoms with Crippen LogP contribution in [-0.4, -0.2) is 18.7 Å². The molecule has 0 saturated heterocycles. The van der Waals surface area contributed by atoms with E-state index in [0.29, 0.717) is 24.7 Å². The van der Waals surface area contributed by atoms with Gasteiger partial charge in [-0.25, -0.2) is 4.98 Å². The Bertz CT molecular complexity index is 356. The maximum absolute atomic E-state index is 9.02. The topological polar surface area (TPSA) is 55.1 Å². The molecule has 0 aliphatic heterocycles. The smallest absolute Gasteiger partial charge is 0.232 e. The zero-order chi connectivity index (χ0) is 11.3. The number of rotatable bonds is 4. The average Bonchev–Trinajstić information content (AvgIpc) is 2.18. The lowest BCUT2D eigenvalue weighted by atomic mass is 10.1. The third kappa shape index (κ3) is 2.67. The molecule has 4 nitrogen and oxygen atoms in total. The number of nitrogens with zero attached hydrogens (tertiary/aromatic N) is 2. The summed E-state index contributed by atoms with van der Waals surface area (Å²) in [4.78, 5) is 4.18. The van der Waals surface area contributed by atoms with Crippen LogP contribution in [0.4, 0.5) is 0 Å². The first-order valence-corrected chi connectivity index (χ1v) is 4.75. The van der Waals surface area contributed by atoms with Crippen LogP contribution in [0.1, 0.15) is 23.7 Å². The van der Waals surface area contributed by atoms with Crippen molar-refractivity contribution in [3.63, 3.8) is 0 Å². The third-order valence-corrected chi connectivity index (χ3v) is 1.89. The Balaban J connectivity index is 3.20. The van der Waals surface area contributed by atoms with Gasteiger partial charge in [-0.3, -0.25) is 0 Å². The molecule has 0 N–H and O–H groups in total. The summed E-state index contributed by atoms with van der Waals surface area (Å²) >= 11 is 0. The van der Waals surface area contributed by atoms with Gasteiger partial charge in [-0.05, 0) is 19.9 Å². The van der Waals surface area contributed by atoms with Crippen LogP contribution in [0.2, 0.25) is 0 Å². The lowest BCUT2D eigenvalue weighted by Gasteiger charge is -2.09. The van der Waals surface area contributed by atoms with E-state index in [9.17, 15) is 0 Å². The van der Waals surface area contributed by atoms with Crippen molar-refractivity contribution in [2.24, 2.45) is 0 Å². The highest BCUT2D eigenvalue weighted by atomic mass is 16.5. The number of methoxy groups -OCH3 is 1. The van der Waals surface area contributed by atoms with Crippen molar-refractivity contribution in [1.82, 2.24) is 4.98 Å². The third-order valence-electron chi connectivity index (χ3n) is 1.89. The molecule has 0 bridgehead atoms. The molecule has 0 aliphatic rings. The molecule has 1 heterocycles. The summed E-state index contributed by atoms with van der Waals surface area (Å²) in [7, 11) is 1.59. The van der Waals surface area contributed by atoms with Crippen molar-refractivity contribution in [3.8, 4) is 11.9 Å². The van der Waals surface area contributed by atoms with E-state index < -0.39 is 0 Å². The molecular weight excluding hydrogens is 192 g/mol. The fraction of sp³-hybridized carbons (Fsp3) is 0.455. The second kappa shape index (κ2) is 5.32. The second-order valence-corrected chi connectivity index (χ2v) is 3.08. The largest absolute Gasteiger partial charge is 0.477 e. The predicted octanol–water partition coefficient (Wildman–Crippen LogP) is 1.81. The van der Waals surface area contributed by atoms with Gasteiger partial charge >= 0.3 is 0 Å². The second-order valence-electron chi connectivity index (χ2n) is 3.08. The normalized spacial score (nSPS) is 9.73. The highest BCUT2D eigenvalue weighted by Crippen LogP contribution is 2.21. The Kier molecular flexibility index (Phi) is 4.07. The van der Waals surface area contributed by atoms with Crippen LogP contribution in [-0.2, 0) is 11.3 Å². The summed E-state index contributed by atoms with van der Waals surface area (Å²) < 4.78 is 10.3. The highest BCUT2D eigenvalue weighted by Gasteiger charge is 2.11. The van der Waals surface area contributed by atoms with E-state index in [-0.39, 0.29) is 0 Å². The van der Waals surface area contributed by atoms with E-state index in [4.69, 9.17) is 14.7 Å². The van der Waals surface area contributed by atoms with Gasteiger partial charge in [-0.1, -0.05) is 0 Å². The Morgan fingerprint density at radius 2 is 2.27 bits per heavy atom. The molecule has 1 aromatic rings. The Morgan fingerprint density at radius 3 is 2.80 bits per heavy atom. The quantitative estimate of drug-likeness (QED) is 0.753. The zero-order valence-electron chi connectivity index (χ0n) is 9.20. The molecule has 0 radical (unpaired) electrons. The number of hydrogen-bond donors (Lipinski definition) is 0. The lowest BCUT2D eigenvalue weighted by molar-refractivity contribution is 0.184. The molecule has 1 aromatic heterocycles. The fourth-order valence-electron chi connectivity index (χ4n) is 1.34. The number of nitriles is 1. The molecule has 80 valence electrons. The van der Waals surface area contributed by atoms with Crippen molar-refractivity contribution >= 4 is 0 Å². The van der Waals surface area contributed by atoms with Crippen molar-refractivity contribution in [1.29, 1.82) is 5.26 Å². The van der Waals surface area contributed by atoms with E-state index >= 15 is 0 Å². The average molecular weight is 206 g/mol. The summed E-state index contributed by atoms with van der Waals surface area (Å²) in [5.74, 6) is 0.395. The summed E-state index contributed by atoms with van der Waals surface area (Å²) in [5, 5.41) is 9.02. The zero-order valence-corrected chi connectivity index (χ0v) is 9.20. The predicted molar refractivity (Wildman–Crippen MR) is 55.6 cm³/mol. The summed E-state index contributed by atoms with van der Waals surface area (Å²) in [5.41, 5.74) is 2.10. The van der Waals surface area contributed by atoms with Gasteiger partial charge in [-0.15, -0.1) is 0 Å². The number of aryl methyl sites for hydroxylation is 1. The molecule has 0 aromatic carbocycles. The maximum Gasteiger partial charge on any atom is 0.232 e. The molecule has 4 heteroatoms. The molecule has 0 unspecified atom stereocenters. The van der Waals surface area contributed by atoms with Gasteiger partial charge in [0.2, 0.25) is 5.88 Å². The van der Waals surface area contributed by atoms with Gasteiger partial charge in [0.15, 0.2) is 0 Å². The molecule has 0 fully saturated rings. The molecule has 15 heavy (non-hydrogen) atoms. The van der Waals surface area contributed by atoms with Gasteiger partial charge in [0.1, 0.15) is 11.6 Å². The minimum Gasteiger partial charge on any atom is -0.477 e. The van der Waals surface area contributed by atoms with Crippen LogP contribution in [0, 0.1) is 18.3 Å². The maximum atomic E-state index is 9.02. The SMILES string of the molecule is CCOc1nc(C)cc(COC)c1C#N. The first-order valence-electron chi connectivity index (χ1n) is 4.75. The van der Waals surface area contributed by atoms with Crippen LogP contribution in [0.5, 0.6) is 5.88 Å². The van der Waals surface area contributed by atoms with Crippen molar-refractivity contribution in [3.05, 3.63) is 22.9 Å². The first-order chi connectivity index (χ1) is 7.22. The minimum absolute atomic E-state index is 0.395. The molecular formula is C11H14N2O2. The Hall–Kier alpha value is -1.60. The van der Waals surface area contributed by atoms with Crippen LogP contribution in [0.3, 0.4) is 0 Å². The van der Waals surface area contributed by atoms with Crippen LogP contribution in [0.15, 0.2) is 6.07 Å². The first kappa shape index (κ1) is 11.5.